The van der Waals surface area contributed by atoms with Crippen LogP contribution < -0.4 is 0 Å². The van der Waals surface area contributed by atoms with Gasteiger partial charge in [-0.05, 0) is 0 Å². The smallest absolute Gasteiger partial charge is 0.130 e. The molecular weight excluding hydrogens is 319 g/mol. The molecule has 0 bridgehead atoms. The first kappa shape index (κ1) is 16.2. The van der Waals surface area contributed by atoms with E-state index in [9.17, 15) is 19.2 Å². The van der Waals surface area contributed by atoms with Crippen molar-refractivity contribution in [2.75, 3.05) is 10.2 Å². The molecule has 0 aromatic heterocycles. The van der Waals surface area contributed by atoms with Crippen LogP contribution in [-0.4, -0.2) is 35.3 Å². The first-order chi connectivity index (χ1) is 6.69. The van der Waals surface area contributed by atoms with Gasteiger partial charge >= 0.3 is 0 Å². The molecule has 0 N–H and O–H groups in total. The van der Waals surface area contributed by atoms with Crippen LogP contribution in [0.5, 0.6) is 0 Å². The Morgan fingerprint density at radius 3 is 1.29 bits per heavy atom. The summed E-state index contributed by atoms with van der Waals surface area (Å²) in [5, 5.41) is 0. The van der Waals surface area contributed by atoms with Gasteiger partial charge in [0.2, 0.25) is 0 Å². The van der Waals surface area contributed by atoms with Crippen molar-refractivity contribution in [1.29, 1.82) is 0 Å². The number of rotatable bonds is 6. The summed E-state index contributed by atoms with van der Waals surface area (Å²) in [6, 6.07) is 0. The highest BCUT2D eigenvalue weighted by atomic mass is 127. The van der Waals surface area contributed by atoms with Crippen molar-refractivity contribution in [3.8, 4) is 0 Å². The highest BCUT2D eigenvalue weighted by molar-refractivity contribution is 14.1. The molecule has 14 heavy (non-hydrogen) atoms. The zero-order valence-electron chi connectivity index (χ0n) is 7.34. The predicted octanol–water partition coefficient (Wildman–Crippen LogP) is 0.366. The average molecular weight is 330 g/mol. The molecule has 0 atom stereocenters. The van der Waals surface area contributed by atoms with E-state index < -0.39 is 5.92 Å². The van der Waals surface area contributed by atoms with Crippen LogP contribution in [0.2, 0.25) is 0 Å². The maximum atomic E-state index is 9.73. The van der Waals surface area contributed by atoms with Gasteiger partial charge in [-0.1, -0.05) is 22.6 Å². The van der Waals surface area contributed by atoms with Gasteiger partial charge in [0.1, 0.15) is 25.1 Å². The maximum Gasteiger partial charge on any atom is 0.130 e. The summed E-state index contributed by atoms with van der Waals surface area (Å²) in [5.41, 5.74) is 0. The Morgan fingerprint density at radius 1 is 0.929 bits per heavy atom. The van der Waals surface area contributed by atoms with Crippen molar-refractivity contribution in [3.63, 3.8) is 0 Å². The minimum absolute atomic E-state index is 0.312. The summed E-state index contributed by atoms with van der Waals surface area (Å²) in [6.07, 6.45) is 2.47. The van der Waals surface area contributed by atoms with Crippen LogP contribution in [0.1, 0.15) is 0 Å². The number of halogens is 1. The third kappa shape index (κ3) is 9.85. The van der Waals surface area contributed by atoms with Crippen LogP contribution in [0.4, 0.5) is 0 Å². The fourth-order valence-electron chi connectivity index (χ4n) is 0.223. The molecule has 0 fully saturated rings. The SMILES string of the molecule is O=CC(C=O)CI.O=CC(C=O)CS. The van der Waals surface area contributed by atoms with Gasteiger partial charge in [-0.3, -0.25) is 0 Å². The van der Waals surface area contributed by atoms with Gasteiger partial charge in [0.05, 0.1) is 11.8 Å². The van der Waals surface area contributed by atoms with Crippen molar-refractivity contribution >= 4 is 60.4 Å². The van der Waals surface area contributed by atoms with E-state index in [-0.39, 0.29) is 5.92 Å². The summed E-state index contributed by atoms with van der Waals surface area (Å²) >= 11 is 5.70. The minimum atomic E-state index is -0.511. The van der Waals surface area contributed by atoms with Crippen molar-refractivity contribution in [2.45, 2.75) is 0 Å². The zero-order chi connectivity index (χ0) is 11.4. The largest absolute Gasteiger partial charge is 0.303 e. The highest BCUT2D eigenvalue weighted by Crippen LogP contribution is 1.91. The molecule has 0 amide bonds. The Morgan fingerprint density at radius 2 is 1.29 bits per heavy atom. The van der Waals surface area contributed by atoms with E-state index in [1.54, 1.807) is 0 Å². The number of carbonyl (C=O) groups is 4. The number of hydrogen-bond donors (Lipinski definition) is 1. The zero-order valence-corrected chi connectivity index (χ0v) is 10.4. The molecule has 0 radical (unpaired) electrons. The molecule has 6 heteroatoms. The fourth-order valence-corrected chi connectivity index (χ4v) is 0.810. The molecule has 0 aliphatic rings. The molecule has 0 saturated heterocycles. The lowest BCUT2D eigenvalue weighted by molar-refractivity contribution is -0.119. The van der Waals surface area contributed by atoms with E-state index in [0.29, 0.717) is 35.3 Å². The fraction of sp³-hybridized carbons (Fsp3) is 0.500. The lowest BCUT2D eigenvalue weighted by Crippen LogP contribution is -2.03. The molecule has 0 heterocycles. The lowest BCUT2D eigenvalue weighted by Gasteiger charge is -1.88. The second-order valence-corrected chi connectivity index (χ2v) is 3.45. The van der Waals surface area contributed by atoms with E-state index in [1.165, 1.54) is 0 Å². The van der Waals surface area contributed by atoms with E-state index in [0.717, 1.165) is 0 Å². The van der Waals surface area contributed by atoms with Gasteiger partial charge in [0.25, 0.3) is 0 Å². The van der Waals surface area contributed by atoms with Gasteiger partial charge in [-0.25, -0.2) is 0 Å². The summed E-state index contributed by atoms with van der Waals surface area (Å²) in [7, 11) is 0. The molecule has 0 rings (SSSR count). The van der Waals surface area contributed by atoms with Crippen molar-refractivity contribution in [3.05, 3.63) is 0 Å². The van der Waals surface area contributed by atoms with Crippen LogP contribution in [0.15, 0.2) is 0 Å². The molecule has 0 aliphatic carbocycles. The van der Waals surface area contributed by atoms with Crippen LogP contribution in [0, 0.1) is 11.8 Å². The third-order valence-corrected chi connectivity index (χ3v) is 2.53. The van der Waals surface area contributed by atoms with Gasteiger partial charge in [0, 0.05) is 10.2 Å². The normalized spacial score (nSPS) is 8.86. The second-order valence-electron chi connectivity index (χ2n) is 2.21. The van der Waals surface area contributed by atoms with Gasteiger partial charge < -0.3 is 19.2 Å². The molecule has 80 valence electrons. The molecule has 0 aromatic carbocycles. The molecule has 0 aliphatic heterocycles. The summed E-state index contributed by atoms with van der Waals surface area (Å²) < 4.78 is 0.588. The van der Waals surface area contributed by atoms with E-state index in [2.05, 4.69) is 12.6 Å². The molecule has 4 nitrogen and oxygen atoms in total. The summed E-state index contributed by atoms with van der Waals surface area (Å²) in [6.45, 7) is 0. The van der Waals surface area contributed by atoms with Crippen LogP contribution in [0.25, 0.3) is 0 Å². The van der Waals surface area contributed by atoms with Gasteiger partial charge in [0.15, 0.2) is 0 Å². The van der Waals surface area contributed by atoms with Gasteiger partial charge in [-0.15, -0.1) is 0 Å². The Bertz CT molecular complexity index is 150. The lowest BCUT2D eigenvalue weighted by atomic mass is 10.2. The van der Waals surface area contributed by atoms with E-state index >= 15 is 0 Å². The molecular formula is C8H11IO4S. The van der Waals surface area contributed by atoms with Crippen LogP contribution in [-0.2, 0) is 19.2 Å². The third-order valence-electron chi connectivity index (χ3n) is 1.09. The number of hydrogen-bond acceptors (Lipinski definition) is 5. The molecule has 0 spiro atoms. The standard InChI is InChI=1S/C4H5IO2.C4H6O2S/c2*5-1-4(2-6)3-7/h2-4H,1H2;1-2,4,7H,3H2. The van der Waals surface area contributed by atoms with Crippen molar-refractivity contribution in [2.24, 2.45) is 11.8 Å². The summed E-state index contributed by atoms with van der Waals surface area (Å²) in [5.74, 6) is -0.587. The molecule has 0 aromatic rings. The molecule has 0 saturated carbocycles. The number of carbonyl (C=O) groups excluding carboxylic acids is 4. The van der Waals surface area contributed by atoms with Crippen molar-refractivity contribution in [1.82, 2.24) is 0 Å². The number of aldehydes is 4. The van der Waals surface area contributed by atoms with Crippen molar-refractivity contribution < 1.29 is 19.2 Å². The monoisotopic (exact) mass is 330 g/mol. The quantitative estimate of drug-likeness (QED) is 0.251. The van der Waals surface area contributed by atoms with Crippen LogP contribution in [0.3, 0.4) is 0 Å². The first-order valence-electron chi connectivity index (χ1n) is 3.68. The maximum absolute atomic E-state index is 9.73. The molecule has 0 unspecified atom stereocenters. The first-order valence-corrected chi connectivity index (χ1v) is 5.83. The van der Waals surface area contributed by atoms with Gasteiger partial charge in [-0.2, -0.15) is 12.6 Å². The topological polar surface area (TPSA) is 68.3 Å². The Labute approximate surface area is 101 Å². The summed E-state index contributed by atoms with van der Waals surface area (Å²) in [4.78, 5) is 38.8. The number of thiol groups is 1. The second kappa shape index (κ2) is 12.8. The highest BCUT2D eigenvalue weighted by Gasteiger charge is 1.99. The predicted molar refractivity (Wildman–Crippen MR) is 64.0 cm³/mol. The van der Waals surface area contributed by atoms with Crippen LogP contribution >= 0.6 is 35.2 Å². The van der Waals surface area contributed by atoms with E-state index in [1.807, 2.05) is 22.6 Å². The Hall–Kier alpha value is -0.240. The number of alkyl halides is 1. The average Bonchev–Trinajstić information content (AvgIpc) is 2.24. The Balaban J connectivity index is 0. The Kier molecular flexibility index (Phi) is 14.8. The van der Waals surface area contributed by atoms with E-state index in [4.69, 9.17) is 0 Å². The minimum Gasteiger partial charge on any atom is -0.303 e.